The minimum Gasteiger partial charge on any atom is -0.384 e. The maximum absolute atomic E-state index is 12.2. The topological polar surface area (TPSA) is 58.2 Å². The second-order valence-corrected chi connectivity index (χ2v) is 7.70. The highest BCUT2D eigenvalue weighted by atomic mass is 32.2. The molecule has 1 aliphatic heterocycles. The molecule has 0 saturated carbocycles. The average Bonchev–Trinajstić information content (AvgIpc) is 2.90. The molecule has 1 aromatic rings. The van der Waals surface area contributed by atoms with E-state index in [-0.39, 0.29) is 0 Å². The van der Waals surface area contributed by atoms with Crippen molar-refractivity contribution in [2.24, 2.45) is 0 Å². The van der Waals surface area contributed by atoms with Crippen LogP contribution in [-0.4, -0.2) is 33.5 Å². The molecule has 1 aromatic carbocycles. The summed E-state index contributed by atoms with van der Waals surface area (Å²) in [5.41, 5.74) is 2.15. The number of anilines is 1. The smallest absolute Gasteiger partial charge is 0.240 e. The molecule has 0 aromatic heterocycles. The fraction of sp³-hybridized carbons (Fsp3) is 0.571. The van der Waals surface area contributed by atoms with Gasteiger partial charge in [-0.2, -0.15) is 11.8 Å². The van der Waals surface area contributed by atoms with Crippen LogP contribution in [0.1, 0.15) is 24.8 Å². The molecule has 0 amide bonds. The number of rotatable bonds is 8. The van der Waals surface area contributed by atoms with Crippen molar-refractivity contribution < 1.29 is 8.42 Å². The maximum atomic E-state index is 12.2. The summed E-state index contributed by atoms with van der Waals surface area (Å²) in [5, 5.41) is 3.21. The van der Waals surface area contributed by atoms with E-state index in [1.807, 2.05) is 17.8 Å². The Hall–Kier alpha value is -0.720. The van der Waals surface area contributed by atoms with E-state index in [4.69, 9.17) is 0 Å². The van der Waals surface area contributed by atoms with E-state index in [0.717, 1.165) is 43.7 Å². The fourth-order valence-corrected chi connectivity index (χ4v) is 3.87. The van der Waals surface area contributed by atoms with Crippen LogP contribution < -0.4 is 10.0 Å². The Morgan fingerprint density at radius 1 is 1.30 bits per heavy atom. The molecule has 2 N–H and O–H groups in total. The third-order valence-electron chi connectivity index (χ3n) is 3.42. The predicted octanol–water partition coefficient (Wildman–Crippen LogP) is 2.47. The Balaban J connectivity index is 1.87. The van der Waals surface area contributed by atoms with Gasteiger partial charge in [0.25, 0.3) is 0 Å². The number of benzene rings is 1. The van der Waals surface area contributed by atoms with E-state index >= 15 is 0 Å². The first kappa shape index (κ1) is 15.7. The standard InChI is InChI=1S/C14H22N2O2S2/c1-19-10-4-2-3-8-16-20(17,18)13-6-5-12-7-9-15-14(12)11-13/h5-6,11,15-16H,2-4,7-10H2,1H3. The Morgan fingerprint density at radius 2 is 2.15 bits per heavy atom. The van der Waals surface area contributed by atoms with Gasteiger partial charge in [0.2, 0.25) is 10.0 Å². The van der Waals surface area contributed by atoms with E-state index in [1.165, 1.54) is 5.56 Å². The van der Waals surface area contributed by atoms with Crippen molar-refractivity contribution in [2.75, 3.05) is 30.4 Å². The van der Waals surface area contributed by atoms with Gasteiger partial charge in [-0.1, -0.05) is 12.5 Å². The molecule has 2 rings (SSSR count). The van der Waals surface area contributed by atoms with E-state index in [2.05, 4.69) is 16.3 Å². The maximum Gasteiger partial charge on any atom is 0.240 e. The van der Waals surface area contributed by atoms with Gasteiger partial charge in [-0.25, -0.2) is 13.1 Å². The summed E-state index contributed by atoms with van der Waals surface area (Å²) in [7, 11) is -3.37. The molecule has 0 saturated heterocycles. The zero-order valence-electron chi connectivity index (χ0n) is 11.8. The molecule has 1 aliphatic rings. The van der Waals surface area contributed by atoms with Crippen molar-refractivity contribution in [3.05, 3.63) is 23.8 Å². The van der Waals surface area contributed by atoms with Crippen LogP contribution in [-0.2, 0) is 16.4 Å². The van der Waals surface area contributed by atoms with Gasteiger partial charge in [-0.05, 0) is 49.0 Å². The lowest BCUT2D eigenvalue weighted by atomic mass is 10.2. The van der Waals surface area contributed by atoms with Crippen molar-refractivity contribution in [3.8, 4) is 0 Å². The van der Waals surface area contributed by atoms with Crippen LogP contribution in [0, 0.1) is 0 Å². The molecule has 0 bridgehead atoms. The van der Waals surface area contributed by atoms with Gasteiger partial charge < -0.3 is 5.32 Å². The van der Waals surface area contributed by atoms with E-state index in [0.29, 0.717) is 11.4 Å². The Labute approximate surface area is 125 Å². The summed E-state index contributed by atoms with van der Waals surface area (Å²) in [4.78, 5) is 0.356. The van der Waals surface area contributed by atoms with Crippen molar-refractivity contribution in [1.82, 2.24) is 4.72 Å². The van der Waals surface area contributed by atoms with Crippen molar-refractivity contribution in [2.45, 2.75) is 30.6 Å². The summed E-state index contributed by atoms with van der Waals surface area (Å²) in [6.07, 6.45) is 6.16. The molecule has 4 nitrogen and oxygen atoms in total. The second kappa shape index (κ2) is 7.33. The lowest BCUT2D eigenvalue weighted by Crippen LogP contribution is -2.24. The highest BCUT2D eigenvalue weighted by molar-refractivity contribution is 7.98. The van der Waals surface area contributed by atoms with Crippen LogP contribution in [0.25, 0.3) is 0 Å². The van der Waals surface area contributed by atoms with Gasteiger partial charge in [0.1, 0.15) is 0 Å². The minimum atomic E-state index is -3.37. The zero-order chi connectivity index (χ0) is 14.4. The number of thioether (sulfide) groups is 1. The second-order valence-electron chi connectivity index (χ2n) is 4.95. The SMILES string of the molecule is CSCCCCCNS(=O)(=O)c1ccc2c(c1)NCC2. The average molecular weight is 314 g/mol. The van der Waals surface area contributed by atoms with E-state index < -0.39 is 10.0 Å². The zero-order valence-corrected chi connectivity index (χ0v) is 13.4. The third-order valence-corrected chi connectivity index (χ3v) is 5.57. The molecule has 1 heterocycles. The summed E-state index contributed by atoms with van der Waals surface area (Å²) in [6.45, 7) is 1.41. The van der Waals surface area contributed by atoms with Gasteiger partial charge in [-0.15, -0.1) is 0 Å². The number of hydrogen-bond acceptors (Lipinski definition) is 4. The molecule has 0 unspecified atom stereocenters. The largest absolute Gasteiger partial charge is 0.384 e. The number of fused-ring (bicyclic) bond motifs is 1. The van der Waals surface area contributed by atoms with Crippen molar-refractivity contribution in [3.63, 3.8) is 0 Å². The summed E-state index contributed by atoms with van der Waals surface area (Å²) in [6, 6.07) is 5.34. The predicted molar refractivity (Wildman–Crippen MR) is 86.1 cm³/mol. The highest BCUT2D eigenvalue weighted by Crippen LogP contribution is 2.25. The first-order chi connectivity index (χ1) is 9.63. The lowest BCUT2D eigenvalue weighted by Gasteiger charge is -2.08. The van der Waals surface area contributed by atoms with Crippen LogP contribution in [0.2, 0.25) is 0 Å². The number of unbranched alkanes of at least 4 members (excludes halogenated alkanes) is 2. The molecule has 0 fully saturated rings. The van der Waals surface area contributed by atoms with Gasteiger partial charge in [0.05, 0.1) is 4.90 Å². The van der Waals surface area contributed by atoms with Gasteiger partial charge >= 0.3 is 0 Å². The van der Waals surface area contributed by atoms with Crippen LogP contribution in [0.5, 0.6) is 0 Å². The Bertz CT molecular complexity index is 544. The summed E-state index contributed by atoms with van der Waals surface area (Å²) in [5.74, 6) is 1.14. The van der Waals surface area contributed by atoms with Gasteiger partial charge in [0.15, 0.2) is 0 Å². The molecule has 0 spiro atoms. The van der Waals surface area contributed by atoms with Crippen molar-refractivity contribution >= 4 is 27.5 Å². The van der Waals surface area contributed by atoms with E-state index in [1.54, 1.807) is 12.1 Å². The quantitative estimate of drug-likeness (QED) is 0.724. The Kier molecular flexibility index (Phi) is 5.74. The number of nitrogens with one attached hydrogen (secondary N) is 2. The third kappa shape index (κ3) is 4.14. The molecule has 0 aliphatic carbocycles. The summed E-state index contributed by atoms with van der Waals surface area (Å²) < 4.78 is 27.0. The monoisotopic (exact) mass is 314 g/mol. The molecule has 112 valence electrons. The minimum absolute atomic E-state index is 0.356. The summed E-state index contributed by atoms with van der Waals surface area (Å²) >= 11 is 1.83. The number of hydrogen-bond donors (Lipinski definition) is 2. The van der Waals surface area contributed by atoms with Crippen LogP contribution in [0.15, 0.2) is 23.1 Å². The van der Waals surface area contributed by atoms with Crippen LogP contribution >= 0.6 is 11.8 Å². The van der Waals surface area contributed by atoms with Gasteiger partial charge in [-0.3, -0.25) is 0 Å². The molecular formula is C14H22N2O2S2. The molecule has 0 radical (unpaired) electrons. The number of sulfonamides is 1. The first-order valence-corrected chi connectivity index (χ1v) is 9.86. The molecule has 20 heavy (non-hydrogen) atoms. The lowest BCUT2D eigenvalue weighted by molar-refractivity contribution is 0.576. The normalized spacial score (nSPS) is 14.1. The van der Waals surface area contributed by atoms with Crippen molar-refractivity contribution in [1.29, 1.82) is 0 Å². The molecular weight excluding hydrogens is 292 g/mol. The van der Waals surface area contributed by atoms with E-state index in [9.17, 15) is 8.42 Å². The first-order valence-electron chi connectivity index (χ1n) is 6.99. The fourth-order valence-electron chi connectivity index (χ4n) is 2.28. The Morgan fingerprint density at radius 3 is 2.95 bits per heavy atom. The molecule has 6 heteroatoms. The molecule has 0 atom stereocenters. The van der Waals surface area contributed by atoms with Crippen LogP contribution in [0.4, 0.5) is 5.69 Å². The van der Waals surface area contributed by atoms with Gasteiger partial charge in [0, 0.05) is 18.8 Å². The van der Waals surface area contributed by atoms with Crippen LogP contribution in [0.3, 0.4) is 0 Å². The highest BCUT2D eigenvalue weighted by Gasteiger charge is 2.17.